The first-order valence-electron chi connectivity index (χ1n) is 7.75. The van der Waals surface area contributed by atoms with Gasteiger partial charge in [0.2, 0.25) is 0 Å². The van der Waals surface area contributed by atoms with Gasteiger partial charge in [-0.2, -0.15) is 0 Å². The minimum absolute atomic E-state index is 0.0959. The van der Waals surface area contributed by atoms with Crippen molar-refractivity contribution in [3.05, 3.63) is 0 Å². The summed E-state index contributed by atoms with van der Waals surface area (Å²) in [4.78, 5) is 0. The Morgan fingerprint density at radius 2 is 1.65 bits per heavy atom. The van der Waals surface area contributed by atoms with E-state index in [9.17, 15) is 5.11 Å². The predicted octanol–water partition coefficient (Wildman–Crippen LogP) is 3.24. The van der Waals surface area contributed by atoms with Crippen molar-refractivity contribution in [3.63, 3.8) is 0 Å². The molecule has 2 nitrogen and oxygen atoms in total. The lowest BCUT2D eigenvalue weighted by Crippen LogP contribution is -2.49. The van der Waals surface area contributed by atoms with Gasteiger partial charge in [0, 0.05) is 12.1 Å². The van der Waals surface area contributed by atoms with E-state index in [1.54, 1.807) is 0 Å². The first-order valence-corrected chi connectivity index (χ1v) is 7.75. The molecule has 2 N–H and O–H groups in total. The fourth-order valence-electron chi connectivity index (χ4n) is 3.70. The van der Waals surface area contributed by atoms with Crippen molar-refractivity contribution in [2.45, 2.75) is 89.3 Å². The zero-order valence-corrected chi connectivity index (χ0v) is 11.3. The van der Waals surface area contributed by atoms with Crippen molar-refractivity contribution in [1.82, 2.24) is 5.32 Å². The number of hydrogen-bond acceptors (Lipinski definition) is 2. The van der Waals surface area contributed by atoms with Crippen molar-refractivity contribution in [1.29, 1.82) is 0 Å². The summed E-state index contributed by atoms with van der Waals surface area (Å²) in [5, 5.41) is 13.8. The van der Waals surface area contributed by atoms with E-state index in [-0.39, 0.29) is 6.10 Å². The van der Waals surface area contributed by atoms with Crippen LogP contribution in [0.5, 0.6) is 0 Å². The van der Waals surface area contributed by atoms with Crippen LogP contribution in [-0.4, -0.2) is 23.3 Å². The standard InChI is InChI=1S/C15H29NO/c1-2-13(12-8-4-3-5-9-12)16-14-10-6-7-11-15(14)17/h12-17H,2-11H2,1H3/t13?,14-,15-/m0/s1. The van der Waals surface area contributed by atoms with Crippen LogP contribution in [0.3, 0.4) is 0 Å². The molecule has 17 heavy (non-hydrogen) atoms. The quantitative estimate of drug-likeness (QED) is 0.789. The van der Waals surface area contributed by atoms with Gasteiger partial charge in [0.1, 0.15) is 0 Å². The van der Waals surface area contributed by atoms with Crippen LogP contribution >= 0.6 is 0 Å². The third-order valence-corrected chi connectivity index (χ3v) is 4.82. The molecule has 0 amide bonds. The average molecular weight is 239 g/mol. The molecule has 1 unspecified atom stereocenters. The van der Waals surface area contributed by atoms with E-state index >= 15 is 0 Å². The fraction of sp³-hybridized carbons (Fsp3) is 1.00. The third kappa shape index (κ3) is 3.69. The SMILES string of the molecule is CCC(N[C@H]1CCCC[C@@H]1O)C1CCCCC1. The van der Waals surface area contributed by atoms with E-state index < -0.39 is 0 Å². The molecule has 0 aliphatic heterocycles. The van der Waals surface area contributed by atoms with Crippen LogP contribution in [0.25, 0.3) is 0 Å². The van der Waals surface area contributed by atoms with Crippen LogP contribution in [-0.2, 0) is 0 Å². The second kappa shape index (κ2) is 6.75. The molecule has 100 valence electrons. The molecule has 0 spiro atoms. The summed E-state index contributed by atoms with van der Waals surface area (Å²) in [7, 11) is 0. The van der Waals surface area contributed by atoms with Gasteiger partial charge in [-0.3, -0.25) is 0 Å². The molecule has 0 aromatic carbocycles. The highest BCUT2D eigenvalue weighted by Crippen LogP contribution is 2.29. The second-order valence-corrected chi connectivity index (χ2v) is 6.04. The Bertz CT molecular complexity index is 213. The molecule has 0 aromatic rings. The number of rotatable bonds is 4. The van der Waals surface area contributed by atoms with Crippen molar-refractivity contribution >= 4 is 0 Å². The molecule has 0 bridgehead atoms. The summed E-state index contributed by atoms with van der Waals surface area (Å²) in [6.45, 7) is 2.29. The van der Waals surface area contributed by atoms with E-state index in [4.69, 9.17) is 0 Å². The molecule has 0 aromatic heterocycles. The van der Waals surface area contributed by atoms with E-state index in [2.05, 4.69) is 12.2 Å². The average Bonchev–Trinajstić information content (AvgIpc) is 2.39. The zero-order chi connectivity index (χ0) is 12.1. The smallest absolute Gasteiger partial charge is 0.0693 e. The fourth-order valence-corrected chi connectivity index (χ4v) is 3.70. The summed E-state index contributed by atoms with van der Waals surface area (Å²) < 4.78 is 0. The summed E-state index contributed by atoms with van der Waals surface area (Å²) in [5.41, 5.74) is 0. The second-order valence-electron chi connectivity index (χ2n) is 6.04. The first-order chi connectivity index (χ1) is 8.31. The van der Waals surface area contributed by atoms with Crippen LogP contribution in [0.15, 0.2) is 0 Å². The Morgan fingerprint density at radius 3 is 2.29 bits per heavy atom. The predicted molar refractivity (Wildman–Crippen MR) is 72.1 cm³/mol. The Hall–Kier alpha value is -0.0800. The van der Waals surface area contributed by atoms with Gasteiger partial charge in [0.05, 0.1) is 6.10 Å². The molecular formula is C15H29NO. The van der Waals surface area contributed by atoms with Crippen molar-refractivity contribution in [3.8, 4) is 0 Å². The van der Waals surface area contributed by atoms with E-state index in [1.807, 2.05) is 0 Å². The first kappa shape index (κ1) is 13.4. The van der Waals surface area contributed by atoms with Gasteiger partial charge in [0.25, 0.3) is 0 Å². The van der Waals surface area contributed by atoms with E-state index in [0.717, 1.165) is 12.3 Å². The molecule has 2 rings (SSSR count). The Balaban J connectivity index is 1.84. The lowest BCUT2D eigenvalue weighted by atomic mass is 9.81. The molecule has 0 saturated heterocycles. The van der Waals surface area contributed by atoms with Crippen LogP contribution in [0.2, 0.25) is 0 Å². The van der Waals surface area contributed by atoms with Crippen LogP contribution < -0.4 is 5.32 Å². The van der Waals surface area contributed by atoms with Crippen LogP contribution in [0.1, 0.15) is 71.1 Å². The Morgan fingerprint density at radius 1 is 1.00 bits per heavy atom. The summed E-state index contributed by atoms with van der Waals surface area (Å²) in [6, 6.07) is 1.02. The zero-order valence-electron chi connectivity index (χ0n) is 11.3. The topological polar surface area (TPSA) is 32.3 Å². The molecule has 0 radical (unpaired) electrons. The maximum Gasteiger partial charge on any atom is 0.0693 e. The van der Waals surface area contributed by atoms with E-state index in [0.29, 0.717) is 12.1 Å². The molecule has 0 heterocycles. The van der Waals surface area contributed by atoms with Gasteiger partial charge in [-0.15, -0.1) is 0 Å². The summed E-state index contributed by atoms with van der Waals surface area (Å²) in [6.07, 6.45) is 12.8. The van der Waals surface area contributed by atoms with Crippen LogP contribution in [0.4, 0.5) is 0 Å². The number of aliphatic hydroxyl groups is 1. The van der Waals surface area contributed by atoms with Gasteiger partial charge < -0.3 is 10.4 Å². The van der Waals surface area contributed by atoms with Gasteiger partial charge >= 0.3 is 0 Å². The highest BCUT2D eigenvalue weighted by atomic mass is 16.3. The van der Waals surface area contributed by atoms with Gasteiger partial charge in [0.15, 0.2) is 0 Å². The highest BCUT2D eigenvalue weighted by Gasteiger charge is 2.28. The maximum atomic E-state index is 10.0. The van der Waals surface area contributed by atoms with E-state index in [1.165, 1.54) is 57.8 Å². The minimum Gasteiger partial charge on any atom is -0.392 e. The minimum atomic E-state index is -0.0959. The van der Waals surface area contributed by atoms with Gasteiger partial charge in [-0.25, -0.2) is 0 Å². The van der Waals surface area contributed by atoms with Crippen molar-refractivity contribution < 1.29 is 5.11 Å². The number of aliphatic hydroxyl groups excluding tert-OH is 1. The molecule has 2 fully saturated rings. The Kier molecular flexibility index (Phi) is 5.30. The Labute approximate surface area is 106 Å². The van der Waals surface area contributed by atoms with Crippen molar-refractivity contribution in [2.75, 3.05) is 0 Å². The molecule has 2 saturated carbocycles. The van der Waals surface area contributed by atoms with Crippen molar-refractivity contribution in [2.24, 2.45) is 5.92 Å². The molecule has 2 heteroatoms. The molecular weight excluding hydrogens is 210 g/mol. The highest BCUT2D eigenvalue weighted by molar-refractivity contribution is 4.86. The lowest BCUT2D eigenvalue weighted by Gasteiger charge is -2.37. The molecule has 2 aliphatic carbocycles. The monoisotopic (exact) mass is 239 g/mol. The maximum absolute atomic E-state index is 10.0. The largest absolute Gasteiger partial charge is 0.392 e. The molecule has 3 atom stereocenters. The van der Waals surface area contributed by atoms with Gasteiger partial charge in [-0.1, -0.05) is 39.0 Å². The summed E-state index contributed by atoms with van der Waals surface area (Å²) >= 11 is 0. The normalized spacial score (nSPS) is 33.5. The number of nitrogens with one attached hydrogen (secondary N) is 1. The van der Waals surface area contributed by atoms with Gasteiger partial charge in [-0.05, 0) is 38.0 Å². The lowest BCUT2D eigenvalue weighted by molar-refractivity contribution is 0.0762. The third-order valence-electron chi connectivity index (χ3n) is 4.82. The summed E-state index contributed by atoms with van der Waals surface area (Å²) in [5.74, 6) is 0.864. The molecule has 2 aliphatic rings. The number of hydrogen-bond donors (Lipinski definition) is 2. The van der Waals surface area contributed by atoms with Crippen LogP contribution in [0, 0.1) is 5.92 Å².